The molecular weight excluding hydrogens is 284 g/mol. The van der Waals surface area contributed by atoms with Gasteiger partial charge in [-0.25, -0.2) is 4.98 Å². The second-order valence-electron chi connectivity index (χ2n) is 5.87. The predicted molar refractivity (Wildman–Crippen MR) is 83.5 cm³/mol. The Morgan fingerprint density at radius 3 is 3.00 bits per heavy atom. The molecule has 0 unspecified atom stereocenters. The topological polar surface area (TPSA) is 75.3 Å². The molecule has 1 fully saturated rings. The Labute approximate surface area is 127 Å². The molecule has 0 radical (unpaired) electrons. The van der Waals surface area contributed by atoms with Crippen molar-refractivity contribution in [3.8, 4) is 0 Å². The first kappa shape index (κ1) is 13.0. The number of aliphatic hydroxyl groups is 1. The smallest absolute Gasteiger partial charge is 0.222 e. The largest absolute Gasteiger partial charge is 0.393 e. The number of hydrogen-bond donors (Lipinski definition) is 2. The lowest BCUT2D eigenvalue weighted by molar-refractivity contribution is 0.0732. The molecule has 0 amide bonds. The van der Waals surface area contributed by atoms with Crippen LogP contribution in [0.2, 0.25) is 0 Å². The van der Waals surface area contributed by atoms with Crippen LogP contribution >= 0.6 is 11.3 Å². The molecule has 3 N–H and O–H groups in total. The van der Waals surface area contributed by atoms with Gasteiger partial charge in [-0.3, -0.25) is 0 Å². The van der Waals surface area contributed by atoms with E-state index in [1.165, 1.54) is 10.4 Å². The summed E-state index contributed by atoms with van der Waals surface area (Å²) in [5.41, 5.74) is 8.25. The van der Waals surface area contributed by atoms with E-state index in [1.54, 1.807) is 0 Å². The van der Waals surface area contributed by atoms with Gasteiger partial charge in [-0.2, -0.15) is 4.98 Å². The fourth-order valence-corrected chi connectivity index (χ4v) is 4.01. The number of rotatable bonds is 2. The van der Waals surface area contributed by atoms with E-state index in [0.29, 0.717) is 11.9 Å². The summed E-state index contributed by atoms with van der Waals surface area (Å²) in [6.07, 6.45) is 2.45. The number of aliphatic hydroxyl groups excluding tert-OH is 1. The summed E-state index contributed by atoms with van der Waals surface area (Å²) in [7, 11) is 0. The molecule has 1 aliphatic carbocycles. The van der Waals surface area contributed by atoms with Gasteiger partial charge in [0.2, 0.25) is 5.95 Å². The van der Waals surface area contributed by atoms with Crippen LogP contribution in [0.4, 0.5) is 11.8 Å². The summed E-state index contributed by atoms with van der Waals surface area (Å²) in [6.45, 7) is 1.86. The number of aromatic nitrogens is 2. The lowest BCUT2D eigenvalue weighted by Crippen LogP contribution is -2.31. The highest BCUT2D eigenvalue weighted by molar-refractivity contribution is 7.10. The number of nitrogens with two attached hydrogens (primary N) is 1. The van der Waals surface area contributed by atoms with Crippen LogP contribution < -0.4 is 10.6 Å². The van der Waals surface area contributed by atoms with E-state index in [1.807, 2.05) is 17.4 Å². The number of nitrogens with zero attached hydrogens (tertiary/aromatic N) is 3. The predicted octanol–water partition coefficient (Wildman–Crippen LogP) is 1.92. The molecule has 2 aromatic heterocycles. The van der Waals surface area contributed by atoms with Crippen molar-refractivity contribution in [2.75, 3.05) is 17.2 Å². The van der Waals surface area contributed by atoms with Crippen LogP contribution in [-0.2, 0) is 13.0 Å². The number of nitrogen functional groups attached to an aromatic ring is 1. The summed E-state index contributed by atoms with van der Waals surface area (Å²) in [5, 5.41) is 11.6. The first-order valence-corrected chi connectivity index (χ1v) is 8.19. The van der Waals surface area contributed by atoms with E-state index in [9.17, 15) is 5.11 Å². The van der Waals surface area contributed by atoms with E-state index >= 15 is 0 Å². The van der Waals surface area contributed by atoms with Crippen molar-refractivity contribution >= 4 is 23.1 Å². The Morgan fingerprint density at radius 1 is 1.33 bits per heavy atom. The molecule has 3 heterocycles. The lowest BCUT2D eigenvalue weighted by Gasteiger charge is -2.32. The fraction of sp³-hybridized carbons (Fsp3) is 0.467. The molecule has 0 atom stereocenters. The summed E-state index contributed by atoms with van der Waals surface area (Å²) in [6, 6.07) is 4.24. The third kappa shape index (κ3) is 2.38. The van der Waals surface area contributed by atoms with E-state index in [0.717, 1.165) is 43.9 Å². The minimum absolute atomic E-state index is 0.182. The maximum absolute atomic E-state index is 9.47. The zero-order chi connectivity index (χ0) is 14.4. The van der Waals surface area contributed by atoms with Crippen molar-refractivity contribution in [2.24, 2.45) is 0 Å². The van der Waals surface area contributed by atoms with Gasteiger partial charge in [0.25, 0.3) is 0 Å². The van der Waals surface area contributed by atoms with Crippen molar-refractivity contribution in [3.63, 3.8) is 0 Å². The van der Waals surface area contributed by atoms with Crippen LogP contribution in [0.5, 0.6) is 0 Å². The lowest BCUT2D eigenvalue weighted by atomic mass is 9.80. The summed E-state index contributed by atoms with van der Waals surface area (Å²) in [4.78, 5) is 12.5. The van der Waals surface area contributed by atoms with Crippen LogP contribution in [0, 0.1) is 0 Å². The average molecular weight is 302 g/mol. The summed E-state index contributed by atoms with van der Waals surface area (Å²) < 4.78 is 0. The van der Waals surface area contributed by atoms with Crippen molar-refractivity contribution < 1.29 is 5.11 Å². The molecule has 0 aromatic carbocycles. The van der Waals surface area contributed by atoms with E-state index in [2.05, 4.69) is 26.3 Å². The zero-order valence-corrected chi connectivity index (χ0v) is 12.5. The molecule has 1 aliphatic heterocycles. The van der Waals surface area contributed by atoms with Gasteiger partial charge in [-0.05, 0) is 36.3 Å². The third-order valence-corrected chi connectivity index (χ3v) is 5.44. The average Bonchev–Trinajstić information content (AvgIpc) is 2.90. The monoisotopic (exact) mass is 302 g/mol. The number of hydrogen-bond acceptors (Lipinski definition) is 6. The van der Waals surface area contributed by atoms with Gasteiger partial charge in [-0.1, -0.05) is 0 Å². The summed E-state index contributed by atoms with van der Waals surface area (Å²) >= 11 is 1.83. The standard InChI is InChI=1S/C15H18N4OS/c16-15-17-12(10-5-11(20)6-10)7-14(18-15)19-3-1-13-9(8-19)2-4-21-13/h2,4,7,10-11,20H,1,3,5-6,8H2,(H2,16,17,18). The highest BCUT2D eigenvalue weighted by Gasteiger charge is 2.31. The van der Waals surface area contributed by atoms with E-state index in [4.69, 9.17) is 5.73 Å². The second-order valence-corrected chi connectivity index (χ2v) is 6.87. The van der Waals surface area contributed by atoms with Crippen LogP contribution in [0.15, 0.2) is 17.5 Å². The molecule has 2 aromatic rings. The van der Waals surface area contributed by atoms with Gasteiger partial charge >= 0.3 is 0 Å². The minimum Gasteiger partial charge on any atom is -0.393 e. The quantitative estimate of drug-likeness (QED) is 0.886. The van der Waals surface area contributed by atoms with E-state index < -0.39 is 0 Å². The number of fused-ring (bicyclic) bond motifs is 1. The van der Waals surface area contributed by atoms with Gasteiger partial charge in [-0.15, -0.1) is 11.3 Å². The second kappa shape index (κ2) is 4.96. The first-order chi connectivity index (χ1) is 10.2. The van der Waals surface area contributed by atoms with Crippen molar-refractivity contribution in [3.05, 3.63) is 33.6 Å². The maximum atomic E-state index is 9.47. The Morgan fingerprint density at radius 2 is 2.19 bits per heavy atom. The first-order valence-electron chi connectivity index (χ1n) is 7.32. The molecule has 0 saturated heterocycles. The van der Waals surface area contributed by atoms with Crippen molar-refractivity contribution in [1.29, 1.82) is 0 Å². The molecular formula is C15H18N4OS. The molecule has 2 aliphatic rings. The van der Waals surface area contributed by atoms with Crippen molar-refractivity contribution in [1.82, 2.24) is 9.97 Å². The third-order valence-electron chi connectivity index (χ3n) is 4.41. The molecule has 0 spiro atoms. The van der Waals surface area contributed by atoms with Gasteiger partial charge in [0.1, 0.15) is 5.82 Å². The molecule has 0 bridgehead atoms. The Hall–Kier alpha value is -1.66. The molecule has 5 nitrogen and oxygen atoms in total. The van der Waals surface area contributed by atoms with Crippen LogP contribution in [-0.4, -0.2) is 27.7 Å². The summed E-state index contributed by atoms with van der Waals surface area (Å²) in [5.74, 6) is 1.57. The molecule has 110 valence electrons. The van der Waals surface area contributed by atoms with Gasteiger partial charge in [0, 0.05) is 30.0 Å². The number of thiophene rings is 1. The highest BCUT2D eigenvalue weighted by atomic mass is 32.1. The Kier molecular flexibility index (Phi) is 3.08. The Balaban J connectivity index is 1.60. The van der Waals surface area contributed by atoms with Crippen LogP contribution in [0.25, 0.3) is 0 Å². The van der Waals surface area contributed by atoms with Gasteiger partial charge in [0.15, 0.2) is 0 Å². The normalized spacial score (nSPS) is 24.5. The van der Waals surface area contributed by atoms with Crippen LogP contribution in [0.1, 0.15) is 34.9 Å². The molecule has 4 rings (SSSR count). The van der Waals surface area contributed by atoms with Crippen LogP contribution in [0.3, 0.4) is 0 Å². The zero-order valence-electron chi connectivity index (χ0n) is 11.7. The molecule has 1 saturated carbocycles. The van der Waals surface area contributed by atoms with E-state index in [-0.39, 0.29) is 6.10 Å². The maximum Gasteiger partial charge on any atom is 0.222 e. The SMILES string of the molecule is Nc1nc(C2CC(O)C2)cc(N2CCc3sccc3C2)n1. The number of anilines is 2. The van der Waals surface area contributed by atoms with Crippen molar-refractivity contribution in [2.45, 2.75) is 37.8 Å². The Bertz CT molecular complexity index is 665. The molecule has 21 heavy (non-hydrogen) atoms. The molecule has 6 heteroatoms. The van der Waals surface area contributed by atoms with Gasteiger partial charge in [0.05, 0.1) is 11.8 Å². The van der Waals surface area contributed by atoms with Gasteiger partial charge < -0.3 is 15.7 Å². The fourth-order valence-electron chi connectivity index (χ4n) is 3.12. The minimum atomic E-state index is -0.182. The highest BCUT2D eigenvalue weighted by Crippen LogP contribution is 2.37.